The summed E-state index contributed by atoms with van der Waals surface area (Å²) in [5.74, 6) is -2.12. The van der Waals surface area contributed by atoms with Gasteiger partial charge in [0.05, 0.1) is 6.61 Å². The second kappa shape index (κ2) is 8.03. The Morgan fingerprint density at radius 2 is 1.79 bits per heavy atom. The Morgan fingerprint density at radius 3 is 2.14 bits per heavy atom. The second-order valence-electron chi connectivity index (χ2n) is 2.45. The third kappa shape index (κ3) is 4.79. The molecular weight excluding hydrogens is 195 g/mol. The minimum atomic E-state index is -0.957. The number of esters is 1. The van der Waals surface area contributed by atoms with Crippen LogP contribution in [0.3, 0.4) is 0 Å². The molecule has 14 heavy (non-hydrogen) atoms. The number of Topliss-reactive ketones (excluding diaryl/α,β-unsaturated/α-hetero) is 1. The number of rotatable bonds is 4. The van der Waals surface area contributed by atoms with Gasteiger partial charge in [-0.15, -0.1) is 0 Å². The average Bonchev–Trinajstić information content (AvgIpc) is 2.14. The fourth-order valence-electron chi connectivity index (χ4n) is 0.742. The zero-order valence-corrected chi connectivity index (χ0v) is 11.0. The van der Waals surface area contributed by atoms with Gasteiger partial charge in [0.1, 0.15) is 0 Å². The molecule has 0 saturated carbocycles. The van der Waals surface area contributed by atoms with Gasteiger partial charge < -0.3 is 9.84 Å². The Labute approximate surface area is 106 Å². The van der Waals surface area contributed by atoms with Crippen molar-refractivity contribution in [1.82, 2.24) is 0 Å². The predicted molar refractivity (Wildman–Crippen MR) is 44.6 cm³/mol. The molecule has 0 fully saturated rings. The Morgan fingerprint density at radius 1 is 1.29 bits per heavy atom. The van der Waals surface area contributed by atoms with Gasteiger partial charge in [0, 0.05) is 6.42 Å². The summed E-state index contributed by atoms with van der Waals surface area (Å²) in [7, 11) is 0. The monoisotopic (exact) mass is 208 g/mol. The van der Waals surface area contributed by atoms with Crippen LogP contribution in [-0.4, -0.2) is 18.4 Å². The first kappa shape index (κ1) is 16.1. The molecule has 0 heterocycles. The predicted octanol–water partition coefficient (Wildman–Crippen LogP) is -2.83. The van der Waals surface area contributed by atoms with E-state index in [0.29, 0.717) is 0 Å². The molecule has 0 aromatic heterocycles. The maximum Gasteiger partial charge on any atom is 1.00 e. The van der Waals surface area contributed by atoms with E-state index >= 15 is 0 Å². The molecule has 0 amide bonds. The first-order valence-electron chi connectivity index (χ1n) is 4.12. The summed E-state index contributed by atoms with van der Waals surface area (Å²) in [4.78, 5) is 21.9. The Balaban J connectivity index is 0. The van der Waals surface area contributed by atoms with E-state index in [1.54, 1.807) is 13.8 Å². The molecule has 5 heteroatoms. The van der Waals surface area contributed by atoms with Gasteiger partial charge in [-0.3, -0.25) is 4.79 Å². The minimum Gasteiger partial charge on any atom is -0.867 e. The Bertz CT molecular complexity index is 245. The van der Waals surface area contributed by atoms with E-state index in [0.717, 1.165) is 0 Å². The number of carbonyl (C=O) groups is 2. The van der Waals surface area contributed by atoms with Gasteiger partial charge in [-0.25, -0.2) is 4.79 Å². The van der Waals surface area contributed by atoms with Crippen molar-refractivity contribution in [2.24, 2.45) is 0 Å². The van der Waals surface area contributed by atoms with Gasteiger partial charge in [-0.1, -0.05) is 6.92 Å². The van der Waals surface area contributed by atoms with E-state index in [2.05, 4.69) is 4.74 Å². The fourth-order valence-corrected chi connectivity index (χ4v) is 0.742. The van der Waals surface area contributed by atoms with Crippen molar-refractivity contribution in [3.05, 3.63) is 11.3 Å². The molecule has 0 radical (unpaired) electrons. The molecule has 0 aliphatic heterocycles. The topological polar surface area (TPSA) is 66.4 Å². The zero-order chi connectivity index (χ0) is 10.4. The average molecular weight is 208 g/mol. The van der Waals surface area contributed by atoms with E-state index in [4.69, 9.17) is 0 Å². The van der Waals surface area contributed by atoms with Crippen molar-refractivity contribution < 1.29 is 49.0 Å². The van der Waals surface area contributed by atoms with Gasteiger partial charge in [0.25, 0.3) is 0 Å². The number of ether oxygens (including phenoxy) is 1. The zero-order valence-electron chi connectivity index (χ0n) is 9.05. The first-order chi connectivity index (χ1) is 6.04. The van der Waals surface area contributed by atoms with Gasteiger partial charge >= 0.3 is 35.5 Å². The molecular formula is C9H13NaO4. The number of allylic oxidation sites excluding steroid dienone is 1. The van der Waals surface area contributed by atoms with Crippen molar-refractivity contribution in [3.63, 3.8) is 0 Å². The number of hydrogen-bond acceptors (Lipinski definition) is 4. The van der Waals surface area contributed by atoms with E-state index in [1.807, 2.05) is 0 Å². The molecule has 0 aromatic carbocycles. The van der Waals surface area contributed by atoms with E-state index in [1.165, 1.54) is 6.92 Å². The van der Waals surface area contributed by atoms with Crippen LogP contribution >= 0.6 is 0 Å². The molecule has 0 N–H and O–H groups in total. The van der Waals surface area contributed by atoms with Gasteiger partial charge in [-0.2, -0.15) is 0 Å². The third-order valence-electron chi connectivity index (χ3n) is 1.54. The molecule has 4 nitrogen and oxygen atoms in total. The van der Waals surface area contributed by atoms with Crippen molar-refractivity contribution >= 4 is 11.8 Å². The second-order valence-corrected chi connectivity index (χ2v) is 2.45. The Hall–Kier alpha value is -0.320. The molecule has 0 aliphatic rings. The van der Waals surface area contributed by atoms with Crippen molar-refractivity contribution in [3.8, 4) is 0 Å². The smallest absolute Gasteiger partial charge is 0.867 e. The summed E-state index contributed by atoms with van der Waals surface area (Å²) < 4.78 is 4.46. The summed E-state index contributed by atoms with van der Waals surface area (Å²) in [6.45, 7) is 4.70. The van der Waals surface area contributed by atoms with Crippen LogP contribution in [0.1, 0.15) is 27.2 Å². The minimum absolute atomic E-state index is 0. The van der Waals surface area contributed by atoms with E-state index in [9.17, 15) is 14.7 Å². The normalized spacial score (nSPS) is 11.1. The molecule has 0 unspecified atom stereocenters. The molecule has 0 spiro atoms. The van der Waals surface area contributed by atoms with Crippen molar-refractivity contribution in [2.45, 2.75) is 27.2 Å². The largest absolute Gasteiger partial charge is 1.00 e. The molecule has 0 atom stereocenters. The summed E-state index contributed by atoms with van der Waals surface area (Å²) >= 11 is 0. The summed E-state index contributed by atoms with van der Waals surface area (Å²) in [6.07, 6.45) is 0.219. The fraction of sp³-hybridized carbons (Fsp3) is 0.556. The van der Waals surface area contributed by atoms with E-state index < -0.39 is 11.7 Å². The van der Waals surface area contributed by atoms with Crippen LogP contribution in [-0.2, 0) is 14.3 Å². The SMILES string of the molecule is CCOC(=O)C([O-])=C(C)C(=O)CC.[Na+]. The van der Waals surface area contributed by atoms with Crippen LogP contribution in [0.5, 0.6) is 0 Å². The molecule has 0 rings (SSSR count). The number of hydrogen-bond donors (Lipinski definition) is 0. The maximum atomic E-state index is 11.1. The van der Waals surface area contributed by atoms with Gasteiger partial charge in [-0.05, 0) is 25.2 Å². The maximum absolute atomic E-state index is 11.1. The van der Waals surface area contributed by atoms with E-state index in [-0.39, 0.29) is 53.9 Å². The first-order valence-corrected chi connectivity index (χ1v) is 4.12. The van der Waals surface area contributed by atoms with Gasteiger partial charge in [0.2, 0.25) is 0 Å². The van der Waals surface area contributed by atoms with Crippen LogP contribution in [0, 0.1) is 0 Å². The number of carbonyl (C=O) groups excluding carboxylic acids is 2. The van der Waals surface area contributed by atoms with Crippen LogP contribution in [0.4, 0.5) is 0 Å². The van der Waals surface area contributed by atoms with Crippen LogP contribution in [0.25, 0.3) is 0 Å². The molecule has 0 aliphatic carbocycles. The molecule has 0 bridgehead atoms. The third-order valence-corrected chi connectivity index (χ3v) is 1.54. The standard InChI is InChI=1S/C9H14O4.Na/c1-4-7(10)6(3)8(11)9(12)13-5-2;/h11H,4-5H2,1-3H3;/q;+1/p-1. The van der Waals surface area contributed by atoms with Crippen molar-refractivity contribution in [1.29, 1.82) is 0 Å². The summed E-state index contributed by atoms with van der Waals surface area (Å²) in [5, 5.41) is 11.1. The van der Waals surface area contributed by atoms with Gasteiger partial charge in [0.15, 0.2) is 5.78 Å². The van der Waals surface area contributed by atoms with Crippen molar-refractivity contribution in [2.75, 3.05) is 6.61 Å². The summed E-state index contributed by atoms with van der Waals surface area (Å²) in [6, 6.07) is 0. The molecule has 0 aromatic rings. The number of ketones is 1. The molecule has 0 saturated heterocycles. The molecule has 74 valence electrons. The quantitative estimate of drug-likeness (QED) is 0.216. The summed E-state index contributed by atoms with van der Waals surface area (Å²) in [5.41, 5.74) is -0.0547. The van der Waals surface area contributed by atoms with Crippen LogP contribution in [0.2, 0.25) is 0 Å². The Kier molecular flexibility index (Phi) is 9.24. The van der Waals surface area contributed by atoms with Crippen LogP contribution < -0.4 is 34.7 Å². The van der Waals surface area contributed by atoms with Crippen LogP contribution in [0.15, 0.2) is 11.3 Å².